The number of hydrogen-bond donors (Lipinski definition) is 1. The minimum atomic E-state index is -3.66. The Morgan fingerprint density at radius 3 is 2.56 bits per heavy atom. The summed E-state index contributed by atoms with van der Waals surface area (Å²) in [6.07, 6.45) is 6.78. The molecule has 39 heavy (non-hydrogen) atoms. The maximum atomic E-state index is 13.5. The topological polar surface area (TPSA) is 95.5 Å². The average molecular weight is 550 g/mol. The molecule has 0 saturated carbocycles. The summed E-state index contributed by atoms with van der Waals surface area (Å²) in [5.41, 5.74) is 2.22. The molecular weight excluding hydrogens is 510 g/mol. The van der Waals surface area contributed by atoms with Crippen molar-refractivity contribution in [3.05, 3.63) is 54.2 Å². The Labute approximate surface area is 231 Å². The van der Waals surface area contributed by atoms with E-state index in [2.05, 4.69) is 29.0 Å². The first-order valence-corrected chi connectivity index (χ1v) is 15.6. The summed E-state index contributed by atoms with van der Waals surface area (Å²) in [6, 6.07) is 12.2. The van der Waals surface area contributed by atoms with Crippen molar-refractivity contribution in [2.75, 3.05) is 39.3 Å². The second-order valence-electron chi connectivity index (χ2n) is 11.2. The molecule has 208 valence electrons. The molecule has 0 spiro atoms. The number of carbonyl (C=O) groups is 1. The smallest absolute Gasteiger partial charge is 0.252 e. The van der Waals surface area contributed by atoms with Crippen molar-refractivity contribution in [2.45, 2.75) is 50.8 Å². The fourth-order valence-electron chi connectivity index (χ4n) is 5.66. The van der Waals surface area contributed by atoms with E-state index in [1.54, 1.807) is 34.8 Å². The van der Waals surface area contributed by atoms with Crippen molar-refractivity contribution in [2.24, 2.45) is 11.8 Å². The van der Waals surface area contributed by atoms with Crippen molar-refractivity contribution in [3.8, 4) is 11.4 Å². The summed E-state index contributed by atoms with van der Waals surface area (Å²) in [4.78, 5) is 25.3. The molecule has 0 radical (unpaired) electrons. The van der Waals surface area contributed by atoms with Gasteiger partial charge in [-0.1, -0.05) is 19.9 Å². The van der Waals surface area contributed by atoms with Gasteiger partial charge in [0.25, 0.3) is 5.91 Å². The van der Waals surface area contributed by atoms with E-state index in [4.69, 9.17) is 4.98 Å². The maximum absolute atomic E-state index is 13.5. The molecule has 0 aliphatic carbocycles. The lowest BCUT2D eigenvalue weighted by atomic mass is 10.0. The second-order valence-corrected chi connectivity index (χ2v) is 13.1. The van der Waals surface area contributed by atoms with Crippen LogP contribution in [0.5, 0.6) is 0 Å². The van der Waals surface area contributed by atoms with Crippen LogP contribution in [0.4, 0.5) is 0 Å². The molecule has 8 nitrogen and oxygen atoms in total. The van der Waals surface area contributed by atoms with Gasteiger partial charge in [0, 0.05) is 37.8 Å². The van der Waals surface area contributed by atoms with Crippen LogP contribution >= 0.6 is 0 Å². The highest BCUT2D eigenvalue weighted by atomic mass is 32.2. The fourth-order valence-corrected chi connectivity index (χ4v) is 7.16. The molecule has 2 aliphatic heterocycles. The van der Waals surface area contributed by atoms with Gasteiger partial charge in [0.15, 0.2) is 0 Å². The normalized spacial score (nSPS) is 19.8. The number of hydrogen-bond acceptors (Lipinski definition) is 6. The minimum Gasteiger partial charge on any atom is -0.352 e. The molecule has 2 aromatic heterocycles. The van der Waals surface area contributed by atoms with Crippen LogP contribution in [-0.4, -0.2) is 72.8 Å². The predicted molar refractivity (Wildman–Crippen MR) is 154 cm³/mol. The number of likely N-dealkylation sites (tertiary alicyclic amines) is 1. The van der Waals surface area contributed by atoms with Crippen molar-refractivity contribution in [3.63, 3.8) is 0 Å². The average Bonchev–Trinajstić information content (AvgIpc) is 2.95. The van der Waals surface area contributed by atoms with E-state index in [9.17, 15) is 13.2 Å². The zero-order valence-corrected chi connectivity index (χ0v) is 23.8. The third-order valence-electron chi connectivity index (χ3n) is 8.01. The van der Waals surface area contributed by atoms with Gasteiger partial charge in [-0.3, -0.25) is 9.78 Å². The number of piperidine rings is 2. The quantitative estimate of drug-likeness (QED) is 0.414. The molecule has 1 aromatic carbocycles. The fraction of sp³-hybridized carbons (Fsp3) is 0.500. The largest absolute Gasteiger partial charge is 0.352 e. The van der Waals surface area contributed by atoms with Gasteiger partial charge in [0.2, 0.25) is 10.0 Å². The number of sulfonamides is 1. The van der Waals surface area contributed by atoms with Crippen LogP contribution < -0.4 is 5.32 Å². The number of rotatable bonds is 8. The first-order chi connectivity index (χ1) is 18.8. The third kappa shape index (κ3) is 6.48. The maximum Gasteiger partial charge on any atom is 0.252 e. The lowest BCUT2D eigenvalue weighted by Crippen LogP contribution is -2.37. The minimum absolute atomic E-state index is 0.199. The molecule has 4 heterocycles. The standard InChI is InChI=1S/C30H39N5O3S/c1-22-11-17-35(18-12-22)39(37,38)24-9-10-27-25(19-24)26(20-29(33-27)28-8-3-4-13-31-28)30(36)32-14-6-16-34-15-5-7-23(2)21-34/h3-4,8-10,13,19-20,22-23H,5-7,11-12,14-18,21H2,1-2H3,(H,32,36)/t23-/m1/s1. The van der Waals surface area contributed by atoms with Crippen molar-refractivity contribution >= 4 is 26.8 Å². The monoisotopic (exact) mass is 549 g/mol. The summed E-state index contributed by atoms with van der Waals surface area (Å²) in [6.45, 7) is 9.22. The summed E-state index contributed by atoms with van der Waals surface area (Å²) >= 11 is 0. The molecule has 0 unspecified atom stereocenters. The van der Waals surface area contributed by atoms with Crippen LogP contribution in [0.15, 0.2) is 53.6 Å². The first-order valence-electron chi connectivity index (χ1n) is 14.2. The number of fused-ring (bicyclic) bond motifs is 1. The number of pyridine rings is 2. The number of nitrogens with zero attached hydrogens (tertiary/aromatic N) is 4. The van der Waals surface area contributed by atoms with Crippen molar-refractivity contribution in [1.82, 2.24) is 24.5 Å². The zero-order chi connectivity index (χ0) is 27.4. The molecule has 1 atom stereocenters. The van der Waals surface area contributed by atoms with E-state index in [0.29, 0.717) is 53.4 Å². The van der Waals surface area contributed by atoms with Crippen LogP contribution in [0.3, 0.4) is 0 Å². The van der Waals surface area contributed by atoms with Crippen molar-refractivity contribution < 1.29 is 13.2 Å². The second kappa shape index (κ2) is 12.1. The van der Waals surface area contributed by atoms with Gasteiger partial charge in [-0.05, 0) is 93.4 Å². The van der Waals surface area contributed by atoms with Gasteiger partial charge in [-0.2, -0.15) is 4.31 Å². The third-order valence-corrected chi connectivity index (χ3v) is 9.90. The summed E-state index contributed by atoms with van der Waals surface area (Å²) in [7, 11) is -3.66. The zero-order valence-electron chi connectivity index (χ0n) is 23.0. The highest BCUT2D eigenvalue weighted by Crippen LogP contribution is 2.29. The highest BCUT2D eigenvalue weighted by molar-refractivity contribution is 7.89. The van der Waals surface area contributed by atoms with Gasteiger partial charge in [0.05, 0.1) is 27.4 Å². The van der Waals surface area contributed by atoms with Gasteiger partial charge in [-0.25, -0.2) is 13.4 Å². The molecule has 5 rings (SSSR count). The predicted octanol–water partition coefficient (Wildman–Crippen LogP) is 4.57. The molecule has 2 fully saturated rings. The van der Waals surface area contributed by atoms with Crippen LogP contribution in [0.1, 0.15) is 56.3 Å². The summed E-state index contributed by atoms with van der Waals surface area (Å²) in [5, 5.41) is 3.60. The molecule has 0 bridgehead atoms. The summed E-state index contributed by atoms with van der Waals surface area (Å²) < 4.78 is 28.5. The van der Waals surface area contributed by atoms with Gasteiger partial charge < -0.3 is 10.2 Å². The van der Waals surface area contributed by atoms with E-state index < -0.39 is 10.0 Å². The van der Waals surface area contributed by atoms with E-state index >= 15 is 0 Å². The Bertz CT molecular complexity index is 1400. The molecule has 3 aromatic rings. The van der Waals surface area contributed by atoms with Crippen LogP contribution in [0.2, 0.25) is 0 Å². The molecule has 2 aliphatic rings. The van der Waals surface area contributed by atoms with E-state index in [1.165, 1.54) is 12.8 Å². The van der Waals surface area contributed by atoms with Crippen LogP contribution in [-0.2, 0) is 10.0 Å². The number of benzene rings is 1. The van der Waals surface area contributed by atoms with E-state index in [0.717, 1.165) is 44.8 Å². The molecule has 1 amide bonds. The number of amides is 1. The number of aromatic nitrogens is 2. The lowest BCUT2D eigenvalue weighted by Gasteiger charge is -2.30. The summed E-state index contributed by atoms with van der Waals surface area (Å²) in [5.74, 6) is 1.02. The highest BCUT2D eigenvalue weighted by Gasteiger charge is 2.29. The SMILES string of the molecule is CC1CCN(S(=O)(=O)c2ccc3nc(-c4ccccn4)cc(C(=O)NCCCN4CCC[C@@H](C)C4)c3c2)CC1. The van der Waals surface area contributed by atoms with Crippen molar-refractivity contribution in [1.29, 1.82) is 0 Å². The number of carbonyl (C=O) groups excluding carboxylic acids is 1. The number of nitrogens with one attached hydrogen (secondary N) is 1. The van der Waals surface area contributed by atoms with Crippen LogP contribution in [0.25, 0.3) is 22.3 Å². The Balaban J connectivity index is 1.41. The lowest BCUT2D eigenvalue weighted by molar-refractivity contribution is 0.0951. The Morgan fingerprint density at radius 2 is 1.82 bits per heavy atom. The van der Waals surface area contributed by atoms with E-state index in [-0.39, 0.29) is 10.8 Å². The van der Waals surface area contributed by atoms with Gasteiger partial charge in [0.1, 0.15) is 0 Å². The molecule has 9 heteroatoms. The Hall–Kier alpha value is -2.88. The Kier molecular flexibility index (Phi) is 8.59. The van der Waals surface area contributed by atoms with Gasteiger partial charge in [-0.15, -0.1) is 0 Å². The Morgan fingerprint density at radius 1 is 1.00 bits per heavy atom. The molecule has 2 saturated heterocycles. The molecular formula is C30H39N5O3S. The molecule has 1 N–H and O–H groups in total. The van der Waals surface area contributed by atoms with Crippen LogP contribution in [0, 0.1) is 11.8 Å². The first kappa shape index (κ1) is 27.7. The van der Waals surface area contributed by atoms with Gasteiger partial charge >= 0.3 is 0 Å². The van der Waals surface area contributed by atoms with E-state index in [1.807, 2.05) is 18.2 Å².